The van der Waals surface area contributed by atoms with E-state index in [2.05, 4.69) is 4.98 Å². The maximum absolute atomic E-state index is 11.8. The molecule has 82 valence electrons. The molecule has 0 aliphatic rings. The van der Waals surface area contributed by atoms with Gasteiger partial charge in [0, 0.05) is 37.5 Å². The molecule has 0 unspecified atom stereocenters. The number of nitrogens with one attached hydrogen (secondary N) is 1. The Labute approximate surface area is 87.9 Å². The van der Waals surface area contributed by atoms with Crippen LogP contribution in [-0.4, -0.2) is 35.4 Å². The molecule has 1 amide bonds. The van der Waals surface area contributed by atoms with Crippen LogP contribution in [0.4, 0.5) is 0 Å². The van der Waals surface area contributed by atoms with Crippen molar-refractivity contribution < 1.29 is 4.79 Å². The summed E-state index contributed by atoms with van der Waals surface area (Å²) in [4.78, 5) is 26.9. The maximum atomic E-state index is 11.8. The lowest BCUT2D eigenvalue weighted by Crippen LogP contribution is -2.35. The first-order valence-electron chi connectivity index (χ1n) is 4.87. The van der Waals surface area contributed by atoms with Gasteiger partial charge in [-0.1, -0.05) is 0 Å². The van der Waals surface area contributed by atoms with Gasteiger partial charge < -0.3 is 15.6 Å². The largest absolute Gasteiger partial charge is 0.338 e. The minimum absolute atomic E-state index is 0.158. The Bertz CT molecular complexity index is 386. The maximum Gasteiger partial charge on any atom is 0.254 e. The molecule has 15 heavy (non-hydrogen) atoms. The van der Waals surface area contributed by atoms with Crippen LogP contribution in [0.2, 0.25) is 0 Å². The van der Waals surface area contributed by atoms with Gasteiger partial charge in [-0.25, -0.2) is 0 Å². The van der Waals surface area contributed by atoms with Crippen molar-refractivity contribution in [3.05, 3.63) is 34.2 Å². The summed E-state index contributed by atoms with van der Waals surface area (Å²) in [6.07, 6.45) is 1.46. The van der Waals surface area contributed by atoms with Gasteiger partial charge >= 0.3 is 0 Å². The van der Waals surface area contributed by atoms with Crippen molar-refractivity contribution in [2.24, 2.45) is 5.73 Å². The van der Waals surface area contributed by atoms with Crippen molar-refractivity contribution >= 4 is 5.91 Å². The number of likely N-dealkylation sites (N-methyl/N-ethyl adjacent to an activating group) is 1. The SMILES string of the molecule is CCN(CCN)C(=O)c1cc[nH]c(=O)c1. The molecule has 0 saturated carbocycles. The number of rotatable bonds is 4. The van der Waals surface area contributed by atoms with E-state index in [1.54, 1.807) is 11.0 Å². The molecule has 0 fully saturated rings. The Kier molecular flexibility index (Phi) is 4.05. The Hall–Kier alpha value is -1.62. The van der Waals surface area contributed by atoms with Gasteiger partial charge in [0.1, 0.15) is 0 Å². The molecule has 5 heteroatoms. The first-order chi connectivity index (χ1) is 7.19. The second-order valence-corrected chi connectivity index (χ2v) is 3.12. The smallest absolute Gasteiger partial charge is 0.254 e. The highest BCUT2D eigenvalue weighted by Crippen LogP contribution is 2.00. The van der Waals surface area contributed by atoms with Crippen LogP contribution < -0.4 is 11.3 Å². The molecular weight excluding hydrogens is 194 g/mol. The van der Waals surface area contributed by atoms with E-state index in [4.69, 9.17) is 5.73 Å². The Morgan fingerprint density at radius 2 is 2.33 bits per heavy atom. The monoisotopic (exact) mass is 209 g/mol. The molecule has 1 aromatic rings. The van der Waals surface area contributed by atoms with Crippen LogP contribution in [0.15, 0.2) is 23.1 Å². The predicted octanol–water partition coefficient (Wildman–Crippen LogP) is -0.204. The normalized spacial score (nSPS) is 10.0. The van der Waals surface area contributed by atoms with E-state index in [-0.39, 0.29) is 11.5 Å². The number of amides is 1. The Morgan fingerprint density at radius 1 is 1.60 bits per heavy atom. The average Bonchev–Trinajstić information content (AvgIpc) is 2.25. The third-order valence-corrected chi connectivity index (χ3v) is 2.09. The number of hydrogen-bond acceptors (Lipinski definition) is 3. The average molecular weight is 209 g/mol. The van der Waals surface area contributed by atoms with Gasteiger partial charge in [-0.15, -0.1) is 0 Å². The molecule has 1 heterocycles. The number of nitrogens with two attached hydrogens (primary N) is 1. The van der Waals surface area contributed by atoms with Crippen molar-refractivity contribution in [3.63, 3.8) is 0 Å². The molecule has 0 radical (unpaired) electrons. The number of H-pyrrole nitrogens is 1. The lowest BCUT2D eigenvalue weighted by Gasteiger charge is -2.19. The highest BCUT2D eigenvalue weighted by atomic mass is 16.2. The molecule has 1 aromatic heterocycles. The molecular formula is C10H15N3O2. The highest BCUT2D eigenvalue weighted by Gasteiger charge is 2.12. The van der Waals surface area contributed by atoms with Gasteiger partial charge in [0.2, 0.25) is 5.56 Å². The van der Waals surface area contributed by atoms with Gasteiger partial charge in [-0.3, -0.25) is 9.59 Å². The second-order valence-electron chi connectivity index (χ2n) is 3.12. The van der Waals surface area contributed by atoms with Crippen LogP contribution in [0.1, 0.15) is 17.3 Å². The lowest BCUT2D eigenvalue weighted by atomic mass is 10.2. The van der Waals surface area contributed by atoms with Crippen LogP contribution in [0.5, 0.6) is 0 Å². The fraction of sp³-hybridized carbons (Fsp3) is 0.400. The summed E-state index contributed by atoms with van der Waals surface area (Å²) in [5.74, 6) is -0.158. The van der Waals surface area contributed by atoms with Gasteiger partial charge in [0.15, 0.2) is 0 Å². The van der Waals surface area contributed by atoms with E-state index in [0.29, 0.717) is 25.2 Å². The summed E-state index contributed by atoms with van der Waals surface area (Å²) < 4.78 is 0. The summed E-state index contributed by atoms with van der Waals surface area (Å²) in [6, 6.07) is 2.88. The molecule has 0 aliphatic heterocycles. The van der Waals surface area contributed by atoms with E-state index in [9.17, 15) is 9.59 Å². The van der Waals surface area contributed by atoms with Crippen LogP contribution >= 0.6 is 0 Å². The molecule has 0 aromatic carbocycles. The summed E-state index contributed by atoms with van der Waals surface area (Å²) in [5.41, 5.74) is 5.51. The lowest BCUT2D eigenvalue weighted by molar-refractivity contribution is 0.0769. The van der Waals surface area contributed by atoms with Gasteiger partial charge in [-0.05, 0) is 13.0 Å². The van der Waals surface area contributed by atoms with Gasteiger partial charge in [0.05, 0.1) is 0 Å². The van der Waals surface area contributed by atoms with Gasteiger partial charge in [0.25, 0.3) is 5.91 Å². The zero-order chi connectivity index (χ0) is 11.3. The molecule has 5 nitrogen and oxygen atoms in total. The third-order valence-electron chi connectivity index (χ3n) is 2.09. The van der Waals surface area contributed by atoms with Crippen LogP contribution in [-0.2, 0) is 0 Å². The number of aromatic amines is 1. The zero-order valence-corrected chi connectivity index (χ0v) is 8.69. The minimum Gasteiger partial charge on any atom is -0.338 e. The highest BCUT2D eigenvalue weighted by molar-refractivity contribution is 5.94. The summed E-state index contributed by atoms with van der Waals surface area (Å²) in [5, 5.41) is 0. The van der Waals surface area contributed by atoms with Crippen molar-refractivity contribution in [1.82, 2.24) is 9.88 Å². The molecule has 3 N–H and O–H groups in total. The fourth-order valence-corrected chi connectivity index (χ4v) is 1.32. The summed E-state index contributed by atoms with van der Waals surface area (Å²) in [6.45, 7) is 3.38. The number of pyridine rings is 1. The molecule has 0 atom stereocenters. The second kappa shape index (κ2) is 5.31. The van der Waals surface area contributed by atoms with E-state index < -0.39 is 0 Å². The van der Waals surface area contributed by atoms with Crippen molar-refractivity contribution in [1.29, 1.82) is 0 Å². The van der Waals surface area contributed by atoms with Crippen LogP contribution in [0, 0.1) is 0 Å². The molecule has 0 spiro atoms. The van der Waals surface area contributed by atoms with E-state index in [1.807, 2.05) is 6.92 Å². The Morgan fingerprint density at radius 3 is 2.87 bits per heavy atom. The number of aromatic nitrogens is 1. The summed E-state index contributed by atoms with van der Waals surface area (Å²) in [7, 11) is 0. The number of carbonyl (C=O) groups excluding carboxylic acids is 1. The van der Waals surface area contributed by atoms with E-state index in [1.165, 1.54) is 12.3 Å². The van der Waals surface area contributed by atoms with Gasteiger partial charge in [-0.2, -0.15) is 0 Å². The molecule has 0 aliphatic carbocycles. The van der Waals surface area contributed by atoms with Crippen LogP contribution in [0.3, 0.4) is 0 Å². The van der Waals surface area contributed by atoms with Crippen molar-refractivity contribution in [2.45, 2.75) is 6.92 Å². The zero-order valence-electron chi connectivity index (χ0n) is 8.69. The standard InChI is InChI=1S/C10H15N3O2/c1-2-13(6-4-11)10(15)8-3-5-12-9(14)7-8/h3,5,7H,2,4,6,11H2,1H3,(H,12,14). The molecule has 0 bridgehead atoms. The summed E-state index contributed by atoms with van der Waals surface area (Å²) >= 11 is 0. The molecule has 1 rings (SSSR count). The Balaban J connectivity index is 2.87. The van der Waals surface area contributed by atoms with Crippen LogP contribution in [0.25, 0.3) is 0 Å². The van der Waals surface area contributed by atoms with Crippen molar-refractivity contribution in [3.8, 4) is 0 Å². The predicted molar refractivity (Wildman–Crippen MR) is 57.7 cm³/mol. The first-order valence-corrected chi connectivity index (χ1v) is 4.87. The third kappa shape index (κ3) is 2.92. The van der Waals surface area contributed by atoms with Crippen molar-refractivity contribution in [2.75, 3.05) is 19.6 Å². The topological polar surface area (TPSA) is 79.2 Å². The minimum atomic E-state index is -0.273. The first kappa shape index (κ1) is 11.5. The quantitative estimate of drug-likeness (QED) is 0.720. The molecule has 0 saturated heterocycles. The number of hydrogen-bond donors (Lipinski definition) is 2. The number of carbonyl (C=O) groups is 1. The van der Waals surface area contributed by atoms with E-state index >= 15 is 0 Å². The number of nitrogens with zero attached hydrogens (tertiary/aromatic N) is 1. The fourth-order valence-electron chi connectivity index (χ4n) is 1.32. The van der Waals surface area contributed by atoms with E-state index in [0.717, 1.165) is 0 Å².